The zero-order valence-corrected chi connectivity index (χ0v) is 10.0. The maximum Gasteiger partial charge on any atom is 0.423 e. The predicted molar refractivity (Wildman–Crippen MR) is 52.9 cm³/mol. The van der Waals surface area contributed by atoms with Crippen LogP contribution in [-0.2, 0) is 0 Å². The second-order valence-electron chi connectivity index (χ2n) is 6.22. The highest BCUT2D eigenvalue weighted by Gasteiger charge is 2.90. The van der Waals surface area contributed by atoms with Crippen molar-refractivity contribution in [2.75, 3.05) is 0 Å². The van der Waals surface area contributed by atoms with Crippen LogP contribution < -0.4 is 0 Å². The molecule has 0 amide bonds. The quantitative estimate of drug-likeness (QED) is 0.671. The van der Waals surface area contributed by atoms with Crippen LogP contribution in [0.1, 0.15) is 20.3 Å². The maximum atomic E-state index is 13.8. The molecule has 0 heterocycles. The summed E-state index contributed by atoms with van der Waals surface area (Å²) in [4.78, 5) is 0. The van der Waals surface area contributed by atoms with Crippen molar-refractivity contribution in [2.45, 2.75) is 38.0 Å². The summed E-state index contributed by atoms with van der Waals surface area (Å²) in [6.07, 6.45) is -4.86. The number of hydrogen-bond acceptors (Lipinski definition) is 1. The third-order valence-electron chi connectivity index (χ3n) is 5.88. The van der Waals surface area contributed by atoms with Crippen molar-refractivity contribution in [3.05, 3.63) is 0 Å². The zero-order valence-electron chi connectivity index (χ0n) is 10.0. The lowest BCUT2D eigenvalue weighted by Crippen LogP contribution is -2.79. The number of rotatable bonds is 0. The molecule has 3 aliphatic carbocycles. The van der Waals surface area contributed by atoms with Crippen LogP contribution in [0.3, 0.4) is 0 Å². The summed E-state index contributed by atoms with van der Waals surface area (Å²) in [6, 6.07) is 0. The summed E-state index contributed by atoms with van der Waals surface area (Å²) in [5.41, 5.74) is -3.81. The van der Waals surface area contributed by atoms with Gasteiger partial charge in [0.05, 0.1) is 0 Å². The fourth-order valence-corrected chi connectivity index (χ4v) is 4.83. The summed E-state index contributed by atoms with van der Waals surface area (Å²) in [5.74, 6) is -7.47. The molecule has 0 spiro atoms. The lowest BCUT2D eigenvalue weighted by Gasteiger charge is -2.61. The van der Waals surface area contributed by atoms with Crippen LogP contribution in [0.5, 0.6) is 0 Å². The van der Waals surface area contributed by atoms with Crippen LogP contribution in [-0.4, -0.2) is 22.8 Å². The van der Waals surface area contributed by atoms with E-state index in [4.69, 9.17) is 0 Å². The first-order valence-corrected chi connectivity index (χ1v) is 6.22. The van der Waals surface area contributed by atoms with E-state index in [0.29, 0.717) is 6.42 Å². The molecule has 1 nitrogen and oxygen atoms in total. The number of hydrogen-bond donors (Lipinski definition) is 1. The van der Waals surface area contributed by atoms with Gasteiger partial charge >= 0.3 is 6.18 Å². The van der Waals surface area contributed by atoms with Crippen molar-refractivity contribution in [1.82, 2.24) is 0 Å². The largest absolute Gasteiger partial charge is 0.423 e. The fraction of sp³-hybridized carbons (Fsp3) is 1.00. The van der Waals surface area contributed by atoms with E-state index in [9.17, 15) is 27.1 Å². The van der Waals surface area contributed by atoms with E-state index in [1.165, 1.54) is 0 Å². The Kier molecular flexibility index (Phi) is 2.12. The van der Waals surface area contributed by atoms with Gasteiger partial charge in [-0.05, 0) is 30.1 Å². The van der Waals surface area contributed by atoms with Gasteiger partial charge in [0.15, 0.2) is 0 Å². The molecule has 7 unspecified atom stereocenters. The van der Waals surface area contributed by atoms with Gasteiger partial charge in [-0.15, -0.1) is 0 Å². The average molecular weight is 270 g/mol. The molecule has 0 aromatic heterocycles. The summed E-state index contributed by atoms with van der Waals surface area (Å²) in [5, 5.41) is 9.60. The lowest BCUT2D eigenvalue weighted by molar-refractivity contribution is -0.435. The van der Waals surface area contributed by atoms with Gasteiger partial charge in [0, 0.05) is 11.8 Å². The van der Waals surface area contributed by atoms with Crippen LogP contribution in [0.15, 0.2) is 0 Å². The summed E-state index contributed by atoms with van der Waals surface area (Å²) < 4.78 is 66.2. The van der Waals surface area contributed by atoms with Gasteiger partial charge in [0.2, 0.25) is 5.60 Å². The Morgan fingerprint density at radius 1 is 1.00 bits per heavy atom. The fourth-order valence-electron chi connectivity index (χ4n) is 4.83. The van der Waals surface area contributed by atoms with Gasteiger partial charge < -0.3 is 5.11 Å². The molecule has 18 heavy (non-hydrogen) atoms. The number of halogens is 5. The van der Waals surface area contributed by atoms with E-state index in [0.717, 1.165) is 0 Å². The second kappa shape index (κ2) is 3.02. The average Bonchev–Trinajstić information content (AvgIpc) is 2.73. The zero-order chi connectivity index (χ0) is 13.7. The van der Waals surface area contributed by atoms with Gasteiger partial charge in [0.25, 0.3) is 5.92 Å². The molecule has 7 atom stereocenters. The van der Waals surface area contributed by atoms with Gasteiger partial charge in [-0.2, -0.15) is 13.2 Å². The molecule has 0 saturated heterocycles. The molecule has 0 radical (unpaired) electrons. The summed E-state index contributed by atoms with van der Waals surface area (Å²) in [7, 11) is 0. The Bertz CT molecular complexity index is 392. The normalized spacial score (nSPS) is 57.3. The third kappa shape index (κ3) is 1.00. The van der Waals surface area contributed by atoms with E-state index in [1.54, 1.807) is 6.92 Å². The van der Waals surface area contributed by atoms with E-state index in [2.05, 4.69) is 0 Å². The molecule has 0 aliphatic heterocycles. The first kappa shape index (κ1) is 12.6. The monoisotopic (exact) mass is 270 g/mol. The SMILES string of the molecule is CC1C(C)C2CC1C1C2C(O)(C(F)(F)F)C1(F)F. The van der Waals surface area contributed by atoms with Crippen molar-refractivity contribution in [2.24, 2.45) is 35.5 Å². The molecule has 104 valence electrons. The smallest absolute Gasteiger partial charge is 0.376 e. The highest BCUT2D eigenvalue weighted by atomic mass is 19.4. The molecular weight excluding hydrogens is 255 g/mol. The Morgan fingerprint density at radius 2 is 1.44 bits per heavy atom. The molecule has 3 rings (SSSR count). The minimum atomic E-state index is -5.26. The van der Waals surface area contributed by atoms with Gasteiger partial charge in [-0.1, -0.05) is 13.8 Å². The van der Waals surface area contributed by atoms with E-state index >= 15 is 0 Å². The van der Waals surface area contributed by atoms with E-state index < -0.39 is 35.5 Å². The minimum absolute atomic E-state index is 0.0138. The van der Waals surface area contributed by atoms with E-state index in [1.807, 2.05) is 6.92 Å². The number of fused-ring (bicyclic) bond motifs is 5. The van der Waals surface area contributed by atoms with Crippen molar-refractivity contribution in [3.63, 3.8) is 0 Å². The Morgan fingerprint density at radius 3 is 1.89 bits per heavy atom. The number of aliphatic hydroxyl groups is 1. The standard InChI is InChI=1S/C12H15F5O/c1-4-5(2)7-3-6(4)8-9(7)11(13,14)10(8,18)12(15,16)17/h4-9,18H,3H2,1-2H3. The maximum absolute atomic E-state index is 13.8. The van der Waals surface area contributed by atoms with Crippen molar-refractivity contribution >= 4 is 0 Å². The molecule has 0 aromatic rings. The molecule has 3 saturated carbocycles. The highest BCUT2D eigenvalue weighted by Crippen LogP contribution is 2.76. The van der Waals surface area contributed by atoms with Crippen molar-refractivity contribution in [3.8, 4) is 0 Å². The van der Waals surface area contributed by atoms with Crippen LogP contribution in [0.2, 0.25) is 0 Å². The summed E-state index contributed by atoms with van der Waals surface area (Å²) in [6.45, 7) is 3.63. The predicted octanol–water partition coefficient (Wildman–Crippen LogP) is 3.08. The third-order valence-corrected chi connectivity index (χ3v) is 5.88. The highest BCUT2D eigenvalue weighted by molar-refractivity contribution is 5.27. The molecule has 1 N–H and O–H groups in total. The second-order valence-corrected chi connectivity index (χ2v) is 6.22. The van der Waals surface area contributed by atoms with Crippen molar-refractivity contribution < 1.29 is 27.1 Å². The molecule has 2 bridgehead atoms. The molecular formula is C12H15F5O. The van der Waals surface area contributed by atoms with Crippen LogP contribution in [0.4, 0.5) is 22.0 Å². The van der Waals surface area contributed by atoms with Gasteiger partial charge in [0.1, 0.15) is 0 Å². The van der Waals surface area contributed by atoms with Crippen molar-refractivity contribution in [1.29, 1.82) is 0 Å². The topological polar surface area (TPSA) is 20.2 Å². The molecule has 0 aromatic carbocycles. The van der Waals surface area contributed by atoms with Gasteiger partial charge in [-0.25, -0.2) is 8.78 Å². The van der Waals surface area contributed by atoms with Crippen LogP contribution in [0.25, 0.3) is 0 Å². The molecule has 6 heteroatoms. The van der Waals surface area contributed by atoms with Crippen LogP contribution in [0, 0.1) is 35.5 Å². The first-order valence-electron chi connectivity index (χ1n) is 6.22. The Balaban J connectivity index is 2.03. The lowest BCUT2D eigenvalue weighted by atomic mass is 9.49. The Labute approximate surface area is 101 Å². The van der Waals surface area contributed by atoms with Gasteiger partial charge in [-0.3, -0.25) is 0 Å². The summed E-state index contributed by atoms with van der Waals surface area (Å²) >= 11 is 0. The minimum Gasteiger partial charge on any atom is -0.376 e. The Hall–Kier alpha value is -0.390. The van der Waals surface area contributed by atoms with Crippen LogP contribution >= 0.6 is 0 Å². The molecule has 3 fully saturated rings. The molecule has 3 aliphatic rings. The number of alkyl halides is 5. The van der Waals surface area contributed by atoms with E-state index in [-0.39, 0.29) is 17.8 Å². The first-order chi connectivity index (χ1) is 8.05.